The molecule has 25 heavy (non-hydrogen) atoms. The third-order valence-corrected chi connectivity index (χ3v) is 4.47. The number of alkyl halides is 3. The highest BCUT2D eigenvalue weighted by Crippen LogP contribution is 2.42. The molecule has 2 N–H and O–H groups in total. The molecule has 0 unspecified atom stereocenters. The summed E-state index contributed by atoms with van der Waals surface area (Å²) < 4.78 is 44.8. The van der Waals surface area contributed by atoms with Crippen LogP contribution in [0.2, 0.25) is 0 Å². The molecule has 0 amide bonds. The summed E-state index contributed by atoms with van der Waals surface area (Å²) in [5, 5.41) is 13.1. The molecular formula is C17H26ClF3N2O2. The van der Waals surface area contributed by atoms with Gasteiger partial charge in [-0.2, -0.15) is 13.2 Å². The molecule has 1 aromatic rings. The molecule has 1 aliphatic rings. The number of hydrogen-bond acceptors (Lipinski definition) is 4. The molecule has 0 radical (unpaired) electrons. The lowest BCUT2D eigenvalue weighted by molar-refractivity contribution is -0.137. The number of nitrogens with one attached hydrogen (secondary N) is 1. The molecule has 2 rings (SSSR count). The Kier molecular flexibility index (Phi) is 7.55. The predicted molar refractivity (Wildman–Crippen MR) is 93.3 cm³/mol. The molecule has 0 bridgehead atoms. The van der Waals surface area contributed by atoms with E-state index in [0.29, 0.717) is 18.7 Å². The second kappa shape index (κ2) is 8.58. The van der Waals surface area contributed by atoms with Crippen LogP contribution in [0.25, 0.3) is 0 Å². The van der Waals surface area contributed by atoms with Gasteiger partial charge in [-0.05, 0) is 23.8 Å². The third kappa shape index (κ3) is 5.23. The van der Waals surface area contributed by atoms with Crippen LogP contribution < -0.4 is 10.1 Å². The maximum atomic E-state index is 13.2. The van der Waals surface area contributed by atoms with Crippen molar-refractivity contribution in [3.05, 3.63) is 29.3 Å². The van der Waals surface area contributed by atoms with Gasteiger partial charge in [0, 0.05) is 44.2 Å². The summed E-state index contributed by atoms with van der Waals surface area (Å²) in [4.78, 5) is 2.13. The topological polar surface area (TPSA) is 44.7 Å². The fraction of sp³-hybridized carbons (Fsp3) is 0.647. The smallest absolute Gasteiger partial charge is 0.416 e. The summed E-state index contributed by atoms with van der Waals surface area (Å²) in [6, 6.07) is 3.48. The van der Waals surface area contributed by atoms with E-state index in [1.165, 1.54) is 13.2 Å². The van der Waals surface area contributed by atoms with Gasteiger partial charge in [-0.25, -0.2) is 0 Å². The first kappa shape index (κ1) is 22.0. The van der Waals surface area contributed by atoms with Crippen molar-refractivity contribution in [1.82, 2.24) is 10.2 Å². The highest BCUT2D eigenvalue weighted by atomic mass is 35.5. The first-order chi connectivity index (χ1) is 11.2. The number of hydrogen-bond donors (Lipinski definition) is 2. The fourth-order valence-corrected chi connectivity index (χ4v) is 3.24. The molecule has 1 aliphatic heterocycles. The maximum absolute atomic E-state index is 13.2. The van der Waals surface area contributed by atoms with E-state index in [2.05, 4.69) is 10.2 Å². The summed E-state index contributed by atoms with van der Waals surface area (Å²) in [5.74, 6) is 0.175. The Labute approximate surface area is 152 Å². The summed E-state index contributed by atoms with van der Waals surface area (Å²) >= 11 is 0. The molecule has 0 aromatic heterocycles. The molecule has 1 fully saturated rings. The molecule has 0 saturated carbocycles. The molecular weight excluding hydrogens is 357 g/mol. The van der Waals surface area contributed by atoms with Crippen LogP contribution in [-0.4, -0.2) is 49.9 Å². The minimum Gasteiger partial charge on any atom is -0.497 e. The number of benzene rings is 1. The van der Waals surface area contributed by atoms with Crippen molar-refractivity contribution in [2.24, 2.45) is 5.41 Å². The molecule has 1 aromatic carbocycles. The van der Waals surface area contributed by atoms with Crippen molar-refractivity contribution >= 4 is 12.4 Å². The van der Waals surface area contributed by atoms with Crippen molar-refractivity contribution in [3.8, 4) is 5.75 Å². The quantitative estimate of drug-likeness (QED) is 0.821. The summed E-state index contributed by atoms with van der Waals surface area (Å²) in [5.41, 5.74) is -0.805. The Balaban J connectivity index is 0.00000312. The molecule has 4 nitrogen and oxygen atoms in total. The van der Waals surface area contributed by atoms with E-state index in [1.807, 2.05) is 13.8 Å². The van der Waals surface area contributed by atoms with Gasteiger partial charge in [-0.1, -0.05) is 13.8 Å². The van der Waals surface area contributed by atoms with Gasteiger partial charge >= 0.3 is 6.18 Å². The van der Waals surface area contributed by atoms with Crippen LogP contribution in [0.15, 0.2) is 18.2 Å². The summed E-state index contributed by atoms with van der Waals surface area (Å²) in [6.45, 7) is 6.58. The lowest BCUT2D eigenvalue weighted by atomic mass is 9.79. The Bertz CT molecular complexity index is 561. The number of rotatable bonds is 5. The van der Waals surface area contributed by atoms with Crippen molar-refractivity contribution in [3.63, 3.8) is 0 Å². The number of halogens is 4. The number of ether oxygens (including phenoxy) is 1. The van der Waals surface area contributed by atoms with E-state index in [1.54, 1.807) is 6.07 Å². The van der Waals surface area contributed by atoms with Gasteiger partial charge in [0.1, 0.15) is 5.75 Å². The van der Waals surface area contributed by atoms with Gasteiger partial charge in [0.25, 0.3) is 0 Å². The first-order valence-electron chi connectivity index (χ1n) is 8.01. The van der Waals surface area contributed by atoms with Crippen molar-refractivity contribution in [1.29, 1.82) is 0 Å². The SMILES string of the molecule is COc1cc([C@@H](N2CCNCC2)C(C)(C)CO)cc(C(F)(F)F)c1.Cl. The van der Waals surface area contributed by atoms with Crippen LogP contribution in [-0.2, 0) is 6.18 Å². The van der Waals surface area contributed by atoms with Crippen LogP contribution >= 0.6 is 12.4 Å². The maximum Gasteiger partial charge on any atom is 0.416 e. The minimum absolute atomic E-state index is 0. The van der Waals surface area contributed by atoms with Crippen LogP contribution in [0.3, 0.4) is 0 Å². The average Bonchev–Trinajstić information content (AvgIpc) is 2.54. The van der Waals surface area contributed by atoms with Crippen LogP contribution in [0, 0.1) is 5.41 Å². The van der Waals surface area contributed by atoms with Gasteiger partial charge < -0.3 is 15.2 Å². The highest BCUT2D eigenvalue weighted by Gasteiger charge is 2.38. The van der Waals surface area contributed by atoms with Gasteiger partial charge in [-0.3, -0.25) is 4.90 Å². The summed E-state index contributed by atoms with van der Waals surface area (Å²) in [6.07, 6.45) is -4.44. The molecule has 1 atom stereocenters. The van der Waals surface area contributed by atoms with Crippen molar-refractivity contribution < 1.29 is 23.0 Å². The Morgan fingerprint density at radius 2 is 1.80 bits per heavy atom. The Hall–Kier alpha value is -1.02. The van der Waals surface area contributed by atoms with Crippen LogP contribution in [0.5, 0.6) is 5.75 Å². The summed E-state index contributed by atoms with van der Waals surface area (Å²) in [7, 11) is 1.36. The third-order valence-electron chi connectivity index (χ3n) is 4.47. The van der Waals surface area contributed by atoms with E-state index in [9.17, 15) is 18.3 Å². The molecule has 8 heteroatoms. The zero-order valence-electron chi connectivity index (χ0n) is 14.7. The van der Waals surface area contributed by atoms with Crippen LogP contribution in [0.4, 0.5) is 13.2 Å². The van der Waals surface area contributed by atoms with E-state index in [0.717, 1.165) is 19.2 Å². The Morgan fingerprint density at radius 1 is 1.20 bits per heavy atom. The number of nitrogens with zero attached hydrogens (tertiary/aromatic N) is 1. The van der Waals surface area contributed by atoms with E-state index in [4.69, 9.17) is 4.74 Å². The Morgan fingerprint density at radius 3 is 2.28 bits per heavy atom. The van der Waals surface area contributed by atoms with E-state index < -0.39 is 17.2 Å². The second-order valence-corrected chi connectivity index (χ2v) is 6.83. The van der Waals surface area contributed by atoms with Gasteiger partial charge in [-0.15, -0.1) is 12.4 Å². The van der Waals surface area contributed by atoms with Crippen molar-refractivity contribution in [2.45, 2.75) is 26.1 Å². The lowest BCUT2D eigenvalue weighted by Gasteiger charge is -2.43. The minimum atomic E-state index is -4.44. The molecule has 1 saturated heterocycles. The number of aliphatic hydroxyl groups is 1. The van der Waals surface area contributed by atoms with E-state index >= 15 is 0 Å². The number of methoxy groups -OCH3 is 1. The predicted octanol–water partition coefficient (Wildman–Crippen LogP) is 3.10. The average molecular weight is 383 g/mol. The van der Waals surface area contributed by atoms with E-state index in [-0.39, 0.29) is 30.8 Å². The zero-order chi connectivity index (χ0) is 18.0. The first-order valence-corrected chi connectivity index (χ1v) is 8.01. The zero-order valence-corrected chi connectivity index (χ0v) is 15.5. The second-order valence-electron chi connectivity index (χ2n) is 6.83. The standard InChI is InChI=1S/C17H25F3N2O2.ClH/c1-16(2,11-23)15(22-6-4-21-5-7-22)12-8-13(17(18,19)20)10-14(9-12)24-3;/h8-10,15,21,23H,4-7,11H2,1-3H3;1H/t15-;/m1./s1. The van der Waals surface area contributed by atoms with Gasteiger partial charge in [0.05, 0.1) is 12.7 Å². The van der Waals surface area contributed by atoms with Crippen LogP contribution in [0.1, 0.15) is 31.0 Å². The highest BCUT2D eigenvalue weighted by molar-refractivity contribution is 5.85. The van der Waals surface area contributed by atoms with Gasteiger partial charge in [0.2, 0.25) is 0 Å². The number of piperazine rings is 1. The normalized spacial score (nSPS) is 17.7. The largest absolute Gasteiger partial charge is 0.497 e. The molecule has 144 valence electrons. The molecule has 0 aliphatic carbocycles. The van der Waals surface area contributed by atoms with Gasteiger partial charge in [0.15, 0.2) is 0 Å². The fourth-order valence-electron chi connectivity index (χ4n) is 3.24. The number of aliphatic hydroxyl groups excluding tert-OH is 1. The molecule has 0 spiro atoms. The monoisotopic (exact) mass is 382 g/mol. The molecule has 1 heterocycles. The lowest BCUT2D eigenvalue weighted by Crippen LogP contribution is -2.49. The van der Waals surface area contributed by atoms with Crippen molar-refractivity contribution in [2.75, 3.05) is 39.9 Å².